The molecule has 0 unspecified atom stereocenters. The van der Waals surface area contributed by atoms with Crippen LogP contribution in [0.2, 0.25) is 0 Å². The van der Waals surface area contributed by atoms with E-state index in [1.807, 2.05) is 0 Å². The molecule has 29 heteroatoms. The fourth-order valence-electron chi connectivity index (χ4n) is 7.19. The molecule has 0 heterocycles. The minimum atomic E-state index is -5.20. The molecule has 0 amide bonds. The molecule has 0 atom stereocenters. The molecule has 1 aliphatic rings. The number of carbonyl (C=O) groups is 1. The van der Waals surface area contributed by atoms with Gasteiger partial charge in [-0.15, -0.1) is 10.2 Å². The first-order valence-electron chi connectivity index (χ1n) is 20.4. The Morgan fingerprint density at radius 1 is 0.547 bits per heavy atom. The Morgan fingerprint density at radius 3 is 1.65 bits per heavy atom. The zero-order chi connectivity index (χ0) is 52.0. The van der Waals surface area contributed by atoms with Crippen LogP contribution in [0.3, 0.4) is 0 Å². The van der Waals surface area contributed by atoms with E-state index in [9.17, 15) is 59.0 Å². The number of nitrogens with zero attached hydrogens (tertiary/aromatic N) is 7. The van der Waals surface area contributed by atoms with E-state index in [0.29, 0.717) is 22.3 Å². The van der Waals surface area contributed by atoms with Crippen LogP contribution >= 0.6 is 0 Å². The summed E-state index contributed by atoms with van der Waals surface area (Å²) in [5, 5.41) is 65.9. The molecule has 366 valence electrons. The molecule has 0 saturated carbocycles. The van der Waals surface area contributed by atoms with Crippen LogP contribution in [0.4, 0.5) is 51.2 Å². The number of azo groups is 3. The van der Waals surface area contributed by atoms with Gasteiger partial charge in [0.25, 0.3) is 30.4 Å². The number of hydrogen-bond acceptors (Lipinski definition) is 20. The van der Waals surface area contributed by atoms with Crippen LogP contribution in [-0.2, 0) is 30.4 Å². The molecule has 0 saturated heterocycles. The van der Waals surface area contributed by atoms with Gasteiger partial charge < -0.3 is 26.8 Å². The standard InChI is InChI=1S/C46H36N10O13S3.3Na/c1-22-13-24(4-9-33(22)50-55-43-41(71(64,65)66)15-26-3-8-30(20-31(26)45(43)59)49-52-35-11-6-28(47)18-38(35)57)25-5-10-34(23(2)14-25)51-56-44-42(72(67,68)69)17-27-16-40(70(61,62)63)37(21-32(27)46(44)60)54-53-36-12-7-29(48)19-39(36)58;;;/h3-21,51,57-59H,47-48H2,1-2H3,(H,61,62,63)(H,64,65,66)(H,67,68,69);;;/q;3*+1/p-3. The summed E-state index contributed by atoms with van der Waals surface area (Å²) < 4.78 is 105. The van der Waals surface area contributed by atoms with Crippen LogP contribution in [0.1, 0.15) is 27.0 Å². The molecule has 7 aromatic carbocycles. The number of rotatable bonds is 12. The number of benzene rings is 7. The van der Waals surface area contributed by atoms with Crippen LogP contribution in [0.5, 0.6) is 17.2 Å². The second-order valence-corrected chi connectivity index (χ2v) is 20.0. The first-order chi connectivity index (χ1) is 33.8. The van der Waals surface area contributed by atoms with E-state index in [4.69, 9.17) is 11.5 Å². The van der Waals surface area contributed by atoms with Crippen molar-refractivity contribution in [1.29, 1.82) is 0 Å². The van der Waals surface area contributed by atoms with E-state index in [1.54, 1.807) is 50.2 Å². The number of anilines is 3. The predicted octanol–water partition coefficient (Wildman–Crippen LogP) is -0.846. The first-order valence-corrected chi connectivity index (χ1v) is 24.8. The van der Waals surface area contributed by atoms with Crippen LogP contribution in [0.25, 0.3) is 28.0 Å². The number of nitrogens with two attached hydrogens (primary N) is 2. The Morgan fingerprint density at radius 2 is 1.09 bits per heavy atom. The molecular formula is C46H33N10Na3O13S3. The van der Waals surface area contributed by atoms with Crippen LogP contribution in [0.15, 0.2) is 160 Å². The summed E-state index contributed by atoms with van der Waals surface area (Å²) in [5.41, 5.74) is 14.1. The smallest absolute Gasteiger partial charge is 0.871 e. The fraction of sp³-hybridized carbons (Fsp3) is 0.0435. The molecule has 1 aliphatic carbocycles. The van der Waals surface area contributed by atoms with E-state index >= 15 is 0 Å². The molecule has 0 radical (unpaired) electrons. The maximum absolute atomic E-state index is 13.9. The van der Waals surface area contributed by atoms with Crippen molar-refractivity contribution in [2.75, 3.05) is 16.9 Å². The molecule has 0 bridgehead atoms. The van der Waals surface area contributed by atoms with E-state index in [2.05, 4.69) is 41.2 Å². The molecule has 0 aliphatic heterocycles. The molecule has 8 N–H and O–H groups in total. The van der Waals surface area contributed by atoms with Crippen LogP contribution in [0, 0.1) is 13.8 Å². The summed E-state index contributed by atoms with van der Waals surface area (Å²) in [5.74, 6) is -3.17. The SMILES string of the molecule is Cc1cc(-c2ccc(NN=C3C(=O)c4cc(N=Nc5ccc(N)cc5[O-])c(S(=O)(=O)O)cc4C=C3S(=O)(=O)O)c(C)c2)ccc1N=Nc1c(S(=O)(=O)O)cc2ccc(N=Nc3ccc(N)cc3[O-])cc2c1[O-].[Na+].[Na+].[Na+]. The second-order valence-electron chi connectivity index (χ2n) is 15.8. The Kier molecular flexibility index (Phi) is 18.9. The number of aryl methyl sites for hydroxylation is 2. The van der Waals surface area contributed by atoms with Crippen LogP contribution < -0.4 is 121 Å². The third kappa shape index (κ3) is 13.4. The van der Waals surface area contributed by atoms with E-state index in [1.165, 1.54) is 48.5 Å². The van der Waals surface area contributed by atoms with Gasteiger partial charge in [0.15, 0.2) is 5.71 Å². The van der Waals surface area contributed by atoms with Gasteiger partial charge in [-0.05, 0) is 150 Å². The van der Waals surface area contributed by atoms with E-state index in [0.717, 1.165) is 30.3 Å². The molecule has 0 spiro atoms. The normalized spacial score (nSPS) is 13.4. The van der Waals surface area contributed by atoms with Gasteiger partial charge in [0, 0.05) is 16.9 Å². The summed E-state index contributed by atoms with van der Waals surface area (Å²) >= 11 is 0. The maximum Gasteiger partial charge on any atom is 1.00 e. The summed E-state index contributed by atoms with van der Waals surface area (Å²) in [6.45, 7) is 3.33. The van der Waals surface area contributed by atoms with Gasteiger partial charge in [0.1, 0.15) is 20.4 Å². The zero-order valence-corrected chi connectivity index (χ0v) is 48.4. The predicted molar refractivity (Wildman–Crippen MR) is 259 cm³/mol. The minimum absolute atomic E-state index is 0. The number of carbonyl (C=O) groups excluding carboxylic acids is 1. The second kappa shape index (κ2) is 23.6. The number of allylic oxidation sites excluding steroid dienone is 1. The average molecular weight is 1100 g/mol. The van der Waals surface area contributed by atoms with Gasteiger partial charge >= 0.3 is 88.7 Å². The third-order valence-corrected chi connectivity index (χ3v) is 13.4. The molecule has 75 heavy (non-hydrogen) atoms. The summed E-state index contributed by atoms with van der Waals surface area (Å²) in [6.07, 6.45) is 0.773. The van der Waals surface area contributed by atoms with E-state index < -0.39 is 85.2 Å². The summed E-state index contributed by atoms with van der Waals surface area (Å²) in [4.78, 5) is 11.2. The molecule has 8 rings (SSSR count). The molecular weight excluding hydrogens is 1070 g/mol. The van der Waals surface area contributed by atoms with Gasteiger partial charge in [0.2, 0.25) is 5.78 Å². The maximum atomic E-state index is 13.9. The van der Waals surface area contributed by atoms with Crippen molar-refractivity contribution in [3.05, 3.63) is 136 Å². The van der Waals surface area contributed by atoms with Gasteiger partial charge in [-0.3, -0.25) is 23.9 Å². The van der Waals surface area contributed by atoms with Crippen molar-refractivity contribution in [3.63, 3.8) is 0 Å². The van der Waals surface area contributed by atoms with Crippen molar-refractivity contribution in [2.24, 2.45) is 35.8 Å². The van der Waals surface area contributed by atoms with Gasteiger partial charge in [-0.25, -0.2) is 0 Å². The zero-order valence-electron chi connectivity index (χ0n) is 39.9. The van der Waals surface area contributed by atoms with E-state index in [-0.39, 0.29) is 150 Å². The minimum Gasteiger partial charge on any atom is -0.871 e. The number of Topliss-reactive ketones (excluding diaryl/α,β-unsaturated/α-hetero) is 1. The third-order valence-electron chi connectivity index (χ3n) is 10.8. The molecule has 7 aromatic rings. The van der Waals surface area contributed by atoms with Crippen molar-refractivity contribution in [2.45, 2.75) is 23.6 Å². The topological polar surface area (TPSA) is 400 Å². The number of hydrazone groups is 1. The van der Waals surface area contributed by atoms with Gasteiger partial charge in [-0.1, -0.05) is 35.4 Å². The number of hydrogen-bond donors (Lipinski definition) is 6. The van der Waals surface area contributed by atoms with Crippen molar-refractivity contribution in [1.82, 2.24) is 0 Å². The Bertz CT molecular complexity index is 4010. The Labute approximate surface area is 493 Å². The van der Waals surface area contributed by atoms with Gasteiger partial charge in [-0.2, -0.15) is 50.8 Å². The van der Waals surface area contributed by atoms with Crippen molar-refractivity contribution >= 4 is 110 Å². The first kappa shape index (κ1) is 60.1. The van der Waals surface area contributed by atoms with Crippen molar-refractivity contribution < 1.29 is 148 Å². The molecule has 23 nitrogen and oxygen atoms in total. The van der Waals surface area contributed by atoms with Gasteiger partial charge in [0.05, 0.1) is 34.1 Å². The fourth-order valence-corrected chi connectivity index (χ4v) is 9.14. The number of nitrogens with one attached hydrogen (secondary N) is 1. The summed E-state index contributed by atoms with van der Waals surface area (Å²) in [7, 11) is -15.3. The molecule has 0 aromatic heterocycles. The van der Waals surface area contributed by atoms with Crippen LogP contribution in [-0.4, -0.2) is 50.4 Å². The monoisotopic (exact) mass is 1100 g/mol. The van der Waals surface area contributed by atoms with Crippen molar-refractivity contribution in [3.8, 4) is 28.4 Å². The average Bonchev–Trinajstić information content (AvgIpc) is 3.30. The quantitative estimate of drug-likeness (QED) is 0.0285. The number of ketones is 1. The summed E-state index contributed by atoms with van der Waals surface area (Å²) in [6, 6.07) is 24.2. The number of nitrogen functional groups attached to an aromatic ring is 2. The Hall–Kier alpha value is -5.79. The molecule has 0 fully saturated rings. The Balaban J connectivity index is 0.00000347. The number of fused-ring (bicyclic) bond motifs is 2. The largest absolute Gasteiger partial charge is 1.00 e.